The van der Waals surface area contributed by atoms with Gasteiger partial charge < -0.3 is 15.1 Å². The van der Waals surface area contributed by atoms with E-state index < -0.39 is 0 Å². The topological polar surface area (TPSA) is 76.3 Å². The van der Waals surface area contributed by atoms with Crippen LogP contribution in [0.1, 0.15) is 39.2 Å². The van der Waals surface area contributed by atoms with Gasteiger partial charge in [-0.3, -0.25) is 0 Å². The lowest BCUT2D eigenvalue weighted by atomic mass is 10.0. The van der Waals surface area contributed by atoms with E-state index in [4.69, 9.17) is 10.6 Å². The monoisotopic (exact) mass is 267 g/mol. The summed E-state index contributed by atoms with van der Waals surface area (Å²) in [6, 6.07) is 0. The average Bonchev–Trinajstić information content (AvgIpc) is 2.36. The third kappa shape index (κ3) is 4.33. The van der Waals surface area contributed by atoms with Crippen molar-refractivity contribution in [2.75, 3.05) is 30.5 Å². The number of nitrogen functional groups attached to an aromatic ring is 1. The summed E-state index contributed by atoms with van der Waals surface area (Å²) < 4.78 is 5.57. The van der Waals surface area contributed by atoms with Crippen molar-refractivity contribution in [3.8, 4) is 0 Å². The smallest absolute Gasteiger partial charge is 0.148 e. The molecule has 0 fully saturated rings. The van der Waals surface area contributed by atoms with Gasteiger partial charge in [-0.25, -0.2) is 15.8 Å². The molecule has 0 aliphatic heterocycles. The largest absolute Gasteiger partial charge is 0.377 e. The summed E-state index contributed by atoms with van der Waals surface area (Å²) in [7, 11) is 2.00. The fourth-order valence-corrected chi connectivity index (χ4v) is 1.87. The fraction of sp³-hybridized carbons (Fsp3) is 0.692. The zero-order valence-corrected chi connectivity index (χ0v) is 12.5. The van der Waals surface area contributed by atoms with E-state index in [2.05, 4.69) is 34.1 Å². The fourth-order valence-electron chi connectivity index (χ4n) is 1.87. The second-order valence-corrected chi connectivity index (χ2v) is 5.10. The number of hydrazine groups is 1. The van der Waals surface area contributed by atoms with E-state index in [1.807, 2.05) is 20.9 Å². The Balaban J connectivity index is 2.86. The highest BCUT2D eigenvalue weighted by atomic mass is 16.5. The zero-order valence-electron chi connectivity index (χ0n) is 12.5. The summed E-state index contributed by atoms with van der Waals surface area (Å²) >= 11 is 0. The SMILES string of the molecule is CC(C)OCCN(C)c1ncnc(NN)c1C(C)C. The summed E-state index contributed by atoms with van der Waals surface area (Å²) in [5, 5.41) is 0. The molecule has 0 radical (unpaired) electrons. The van der Waals surface area contributed by atoms with Crippen molar-refractivity contribution < 1.29 is 4.74 Å². The number of hydrogen-bond donors (Lipinski definition) is 2. The van der Waals surface area contributed by atoms with E-state index in [-0.39, 0.29) is 12.0 Å². The van der Waals surface area contributed by atoms with Crippen LogP contribution < -0.4 is 16.2 Å². The molecule has 19 heavy (non-hydrogen) atoms. The third-order valence-electron chi connectivity index (χ3n) is 2.82. The minimum Gasteiger partial charge on any atom is -0.377 e. The van der Waals surface area contributed by atoms with E-state index in [0.717, 1.165) is 17.9 Å². The maximum atomic E-state index is 5.57. The van der Waals surface area contributed by atoms with E-state index in [1.165, 1.54) is 6.33 Å². The number of nitrogens with one attached hydrogen (secondary N) is 1. The van der Waals surface area contributed by atoms with Gasteiger partial charge >= 0.3 is 0 Å². The number of rotatable bonds is 7. The third-order valence-corrected chi connectivity index (χ3v) is 2.82. The molecule has 0 aromatic carbocycles. The molecule has 1 rings (SSSR count). The van der Waals surface area contributed by atoms with Gasteiger partial charge in [0.2, 0.25) is 0 Å². The van der Waals surface area contributed by atoms with Crippen LogP contribution in [0.5, 0.6) is 0 Å². The van der Waals surface area contributed by atoms with Gasteiger partial charge in [0.1, 0.15) is 18.0 Å². The quantitative estimate of drug-likeness (QED) is 0.579. The second kappa shape index (κ2) is 7.25. The van der Waals surface area contributed by atoms with Gasteiger partial charge in [-0.1, -0.05) is 13.8 Å². The summed E-state index contributed by atoms with van der Waals surface area (Å²) in [6.07, 6.45) is 1.76. The molecule has 0 amide bonds. The maximum Gasteiger partial charge on any atom is 0.148 e. The van der Waals surface area contributed by atoms with Crippen LogP contribution >= 0.6 is 0 Å². The normalized spacial score (nSPS) is 11.2. The average molecular weight is 267 g/mol. The highest BCUT2D eigenvalue weighted by Gasteiger charge is 2.17. The molecular weight excluding hydrogens is 242 g/mol. The predicted octanol–water partition coefficient (Wildman–Crippen LogP) is 1.75. The molecule has 0 atom stereocenters. The lowest BCUT2D eigenvalue weighted by Gasteiger charge is -2.24. The first-order valence-corrected chi connectivity index (χ1v) is 6.61. The predicted molar refractivity (Wildman–Crippen MR) is 78.3 cm³/mol. The lowest BCUT2D eigenvalue weighted by Crippen LogP contribution is -2.27. The Labute approximate surface area is 115 Å². The second-order valence-electron chi connectivity index (χ2n) is 5.10. The number of nitrogens with two attached hydrogens (primary N) is 1. The molecule has 0 saturated heterocycles. The first-order chi connectivity index (χ1) is 8.97. The van der Waals surface area contributed by atoms with Gasteiger partial charge in [-0.05, 0) is 19.8 Å². The molecule has 1 heterocycles. The molecule has 1 aromatic rings. The molecule has 3 N–H and O–H groups in total. The van der Waals surface area contributed by atoms with Crippen LogP contribution in [-0.2, 0) is 4.74 Å². The van der Waals surface area contributed by atoms with Crippen LogP contribution in [0.2, 0.25) is 0 Å². The lowest BCUT2D eigenvalue weighted by molar-refractivity contribution is 0.0845. The van der Waals surface area contributed by atoms with Gasteiger partial charge in [-0.2, -0.15) is 0 Å². The Morgan fingerprint density at radius 1 is 1.32 bits per heavy atom. The van der Waals surface area contributed by atoms with Gasteiger partial charge in [0, 0.05) is 19.2 Å². The van der Waals surface area contributed by atoms with Crippen molar-refractivity contribution in [3.63, 3.8) is 0 Å². The molecule has 6 heteroatoms. The van der Waals surface area contributed by atoms with E-state index in [1.54, 1.807) is 0 Å². The Morgan fingerprint density at radius 3 is 2.53 bits per heavy atom. The minimum absolute atomic E-state index is 0.240. The van der Waals surface area contributed by atoms with E-state index >= 15 is 0 Å². The van der Waals surface area contributed by atoms with Gasteiger partial charge in [0.15, 0.2) is 0 Å². The van der Waals surface area contributed by atoms with Crippen molar-refractivity contribution in [1.29, 1.82) is 0 Å². The molecular formula is C13H25N5O. The van der Waals surface area contributed by atoms with Crippen molar-refractivity contribution in [1.82, 2.24) is 9.97 Å². The van der Waals surface area contributed by atoms with Crippen LogP contribution in [0, 0.1) is 0 Å². The number of aromatic nitrogens is 2. The van der Waals surface area contributed by atoms with Crippen molar-refractivity contribution in [2.24, 2.45) is 5.84 Å². The van der Waals surface area contributed by atoms with Crippen molar-refractivity contribution in [2.45, 2.75) is 39.7 Å². The molecule has 0 unspecified atom stereocenters. The van der Waals surface area contributed by atoms with Crippen molar-refractivity contribution >= 4 is 11.6 Å². The highest BCUT2D eigenvalue weighted by Crippen LogP contribution is 2.29. The van der Waals surface area contributed by atoms with Crippen molar-refractivity contribution in [3.05, 3.63) is 11.9 Å². The minimum atomic E-state index is 0.240. The summed E-state index contributed by atoms with van der Waals surface area (Å²) in [4.78, 5) is 10.6. The summed E-state index contributed by atoms with van der Waals surface area (Å²) in [6.45, 7) is 9.70. The van der Waals surface area contributed by atoms with E-state index in [9.17, 15) is 0 Å². The van der Waals surface area contributed by atoms with Gasteiger partial charge in [0.25, 0.3) is 0 Å². The number of anilines is 2. The van der Waals surface area contributed by atoms with Gasteiger partial charge in [0.05, 0.1) is 12.7 Å². The maximum absolute atomic E-state index is 5.57. The Hall–Kier alpha value is -1.40. The Bertz CT molecular complexity index is 395. The van der Waals surface area contributed by atoms with Crippen LogP contribution in [0.25, 0.3) is 0 Å². The van der Waals surface area contributed by atoms with Crippen LogP contribution in [0.4, 0.5) is 11.6 Å². The standard InChI is InChI=1S/C13H25N5O/c1-9(2)11-12(17-14)15-8-16-13(11)18(5)6-7-19-10(3)4/h8-10H,6-7,14H2,1-5H3,(H,15,16,17). The first kappa shape index (κ1) is 15.7. The first-order valence-electron chi connectivity index (χ1n) is 6.61. The molecule has 1 aromatic heterocycles. The molecule has 0 aliphatic carbocycles. The molecule has 0 aliphatic rings. The highest BCUT2D eigenvalue weighted by molar-refractivity contribution is 5.59. The van der Waals surface area contributed by atoms with Gasteiger partial charge in [-0.15, -0.1) is 0 Å². The van der Waals surface area contributed by atoms with Crippen LogP contribution in [0.3, 0.4) is 0 Å². The zero-order chi connectivity index (χ0) is 14.4. The van der Waals surface area contributed by atoms with E-state index in [0.29, 0.717) is 12.4 Å². The number of hydrogen-bond acceptors (Lipinski definition) is 6. The number of likely N-dealkylation sites (N-methyl/N-ethyl adjacent to an activating group) is 1. The summed E-state index contributed by atoms with van der Waals surface area (Å²) in [5.74, 6) is 7.37. The summed E-state index contributed by atoms with van der Waals surface area (Å²) in [5.41, 5.74) is 3.66. The Kier molecular flexibility index (Phi) is 5.98. The molecule has 108 valence electrons. The number of nitrogens with zero attached hydrogens (tertiary/aromatic N) is 3. The van der Waals surface area contributed by atoms with Crippen LogP contribution in [0.15, 0.2) is 6.33 Å². The van der Waals surface area contributed by atoms with Crippen LogP contribution in [-0.4, -0.2) is 36.3 Å². The Morgan fingerprint density at radius 2 is 2.00 bits per heavy atom. The number of ether oxygens (including phenoxy) is 1. The molecule has 6 nitrogen and oxygen atoms in total. The molecule has 0 bridgehead atoms. The molecule has 0 saturated carbocycles. The molecule has 0 spiro atoms.